The standard InChI is InChI=1S/C14H19Br2NO/c1-3-18-13-11(15)7-10(8-12(13)16)9-17-14(2)5-4-6-14/h7-8,17H,3-6,9H2,1-2H3. The molecule has 0 saturated heterocycles. The molecule has 18 heavy (non-hydrogen) atoms. The summed E-state index contributed by atoms with van der Waals surface area (Å²) in [5, 5.41) is 3.64. The number of halogens is 2. The zero-order valence-corrected chi connectivity index (χ0v) is 14.0. The quantitative estimate of drug-likeness (QED) is 0.807. The molecule has 2 rings (SSSR count). The Bertz CT molecular complexity index is 407. The van der Waals surface area contributed by atoms with Gasteiger partial charge in [0.05, 0.1) is 15.6 Å². The highest BCUT2D eigenvalue weighted by Crippen LogP contribution is 2.36. The van der Waals surface area contributed by atoms with E-state index < -0.39 is 0 Å². The molecular weight excluding hydrogens is 358 g/mol. The van der Waals surface area contributed by atoms with E-state index in [1.54, 1.807) is 0 Å². The molecule has 0 unspecified atom stereocenters. The van der Waals surface area contributed by atoms with Crippen molar-refractivity contribution in [2.45, 2.75) is 45.2 Å². The molecule has 0 aromatic heterocycles. The maximum atomic E-state index is 5.59. The van der Waals surface area contributed by atoms with Crippen molar-refractivity contribution < 1.29 is 4.74 Å². The molecule has 0 heterocycles. The second-order valence-corrected chi connectivity index (χ2v) is 6.80. The molecule has 1 N–H and O–H groups in total. The van der Waals surface area contributed by atoms with Gasteiger partial charge in [0.1, 0.15) is 5.75 Å². The minimum absolute atomic E-state index is 0.345. The average molecular weight is 377 g/mol. The van der Waals surface area contributed by atoms with Gasteiger partial charge < -0.3 is 10.1 Å². The predicted molar refractivity (Wildman–Crippen MR) is 82.1 cm³/mol. The molecule has 4 heteroatoms. The number of hydrogen-bond donors (Lipinski definition) is 1. The van der Waals surface area contributed by atoms with Crippen LogP contribution in [0.25, 0.3) is 0 Å². The van der Waals surface area contributed by atoms with Gasteiger partial charge in [-0.15, -0.1) is 0 Å². The van der Waals surface area contributed by atoms with Crippen molar-refractivity contribution in [3.63, 3.8) is 0 Å². The van der Waals surface area contributed by atoms with Crippen molar-refractivity contribution in [1.29, 1.82) is 0 Å². The third-order valence-electron chi connectivity index (χ3n) is 3.52. The normalized spacial score (nSPS) is 17.3. The van der Waals surface area contributed by atoms with E-state index in [0.717, 1.165) is 21.2 Å². The molecule has 0 amide bonds. The molecule has 0 aliphatic heterocycles. The third-order valence-corrected chi connectivity index (χ3v) is 4.70. The molecule has 1 aromatic carbocycles. The minimum atomic E-state index is 0.345. The van der Waals surface area contributed by atoms with Crippen molar-refractivity contribution in [3.05, 3.63) is 26.6 Å². The van der Waals surface area contributed by atoms with E-state index in [4.69, 9.17) is 4.74 Å². The summed E-state index contributed by atoms with van der Waals surface area (Å²) in [5.41, 5.74) is 1.61. The molecule has 1 aromatic rings. The van der Waals surface area contributed by atoms with Gasteiger partial charge in [0, 0.05) is 12.1 Å². The molecule has 1 fully saturated rings. The molecule has 1 aliphatic carbocycles. The summed E-state index contributed by atoms with van der Waals surface area (Å²) >= 11 is 7.14. The molecule has 100 valence electrons. The lowest BCUT2D eigenvalue weighted by Gasteiger charge is -2.39. The van der Waals surface area contributed by atoms with Crippen LogP contribution in [0.5, 0.6) is 5.75 Å². The average Bonchev–Trinajstić information content (AvgIpc) is 2.29. The van der Waals surface area contributed by atoms with E-state index in [1.165, 1.54) is 24.8 Å². The van der Waals surface area contributed by atoms with Crippen molar-refractivity contribution in [1.82, 2.24) is 5.32 Å². The maximum Gasteiger partial charge on any atom is 0.147 e. The monoisotopic (exact) mass is 375 g/mol. The van der Waals surface area contributed by atoms with E-state index in [9.17, 15) is 0 Å². The Balaban J connectivity index is 2.05. The fraction of sp³-hybridized carbons (Fsp3) is 0.571. The highest BCUT2D eigenvalue weighted by molar-refractivity contribution is 9.11. The van der Waals surface area contributed by atoms with Crippen molar-refractivity contribution in [2.75, 3.05) is 6.61 Å². The smallest absolute Gasteiger partial charge is 0.147 e. The van der Waals surface area contributed by atoms with Crippen LogP contribution in [0.1, 0.15) is 38.7 Å². The molecule has 0 bridgehead atoms. The lowest BCUT2D eigenvalue weighted by molar-refractivity contribution is 0.207. The topological polar surface area (TPSA) is 21.3 Å². The second-order valence-electron chi connectivity index (χ2n) is 5.09. The molecule has 0 radical (unpaired) electrons. The Morgan fingerprint density at radius 1 is 1.28 bits per heavy atom. The Kier molecular flexibility index (Phi) is 4.73. The van der Waals surface area contributed by atoms with Crippen LogP contribution in [0.3, 0.4) is 0 Å². The summed E-state index contributed by atoms with van der Waals surface area (Å²) < 4.78 is 7.60. The fourth-order valence-electron chi connectivity index (χ4n) is 2.20. The van der Waals surface area contributed by atoms with Crippen LogP contribution in [0.4, 0.5) is 0 Å². The summed E-state index contributed by atoms with van der Waals surface area (Å²) in [5.74, 6) is 0.885. The molecule has 1 aliphatic rings. The number of nitrogens with one attached hydrogen (secondary N) is 1. The van der Waals surface area contributed by atoms with Crippen molar-refractivity contribution in [3.8, 4) is 5.75 Å². The van der Waals surface area contributed by atoms with Gasteiger partial charge in [0.25, 0.3) is 0 Å². The molecule has 0 spiro atoms. The first-order chi connectivity index (χ1) is 8.54. The van der Waals surface area contributed by atoms with Gasteiger partial charge >= 0.3 is 0 Å². The third kappa shape index (κ3) is 3.28. The van der Waals surface area contributed by atoms with Crippen molar-refractivity contribution >= 4 is 31.9 Å². The molecular formula is C14H19Br2NO. The zero-order chi connectivity index (χ0) is 13.2. The van der Waals surface area contributed by atoms with Crippen molar-refractivity contribution in [2.24, 2.45) is 0 Å². The van der Waals surface area contributed by atoms with Gasteiger partial charge in [-0.25, -0.2) is 0 Å². The lowest BCUT2D eigenvalue weighted by atomic mass is 9.78. The Hall–Kier alpha value is -0.0600. The van der Waals surface area contributed by atoms with Crippen LogP contribution in [-0.4, -0.2) is 12.1 Å². The maximum absolute atomic E-state index is 5.59. The highest BCUT2D eigenvalue weighted by Gasteiger charge is 2.30. The van der Waals surface area contributed by atoms with E-state index in [2.05, 4.69) is 56.2 Å². The SMILES string of the molecule is CCOc1c(Br)cc(CNC2(C)CCC2)cc1Br. The van der Waals surface area contributed by atoms with Crippen LogP contribution >= 0.6 is 31.9 Å². The van der Waals surface area contributed by atoms with E-state index >= 15 is 0 Å². The number of benzene rings is 1. The van der Waals surface area contributed by atoms with Gasteiger partial charge in [-0.1, -0.05) is 0 Å². The fourth-order valence-corrected chi connectivity index (χ4v) is 3.71. The van der Waals surface area contributed by atoms with E-state index in [1.807, 2.05) is 6.92 Å². The Morgan fingerprint density at radius 3 is 2.33 bits per heavy atom. The van der Waals surface area contributed by atoms with Crippen LogP contribution in [-0.2, 0) is 6.54 Å². The van der Waals surface area contributed by atoms with Gasteiger partial charge in [-0.05, 0) is 82.7 Å². The first-order valence-electron chi connectivity index (χ1n) is 6.40. The van der Waals surface area contributed by atoms with Crippen LogP contribution in [0, 0.1) is 0 Å². The Morgan fingerprint density at radius 2 is 1.89 bits per heavy atom. The largest absolute Gasteiger partial charge is 0.492 e. The predicted octanol–water partition coefficient (Wildman–Crippen LogP) is 4.64. The summed E-state index contributed by atoms with van der Waals surface area (Å²) in [7, 11) is 0. The van der Waals surface area contributed by atoms with Gasteiger partial charge in [0.15, 0.2) is 0 Å². The number of rotatable bonds is 5. The number of ether oxygens (including phenoxy) is 1. The zero-order valence-electron chi connectivity index (χ0n) is 10.9. The van der Waals surface area contributed by atoms with E-state index in [0.29, 0.717) is 12.1 Å². The first-order valence-corrected chi connectivity index (χ1v) is 7.98. The Labute approximate surface area is 126 Å². The summed E-state index contributed by atoms with van der Waals surface area (Å²) in [6.07, 6.45) is 3.92. The van der Waals surface area contributed by atoms with E-state index in [-0.39, 0.29) is 0 Å². The molecule has 2 nitrogen and oxygen atoms in total. The first kappa shape index (κ1) is 14.4. The van der Waals surface area contributed by atoms with Crippen LogP contribution in [0.15, 0.2) is 21.1 Å². The van der Waals surface area contributed by atoms with Gasteiger partial charge in [0.2, 0.25) is 0 Å². The summed E-state index contributed by atoms with van der Waals surface area (Å²) in [6, 6.07) is 4.26. The minimum Gasteiger partial charge on any atom is -0.492 e. The lowest BCUT2D eigenvalue weighted by Crippen LogP contribution is -2.47. The van der Waals surface area contributed by atoms with Crippen LogP contribution < -0.4 is 10.1 Å². The molecule has 0 atom stereocenters. The van der Waals surface area contributed by atoms with Gasteiger partial charge in [-0.3, -0.25) is 0 Å². The van der Waals surface area contributed by atoms with Gasteiger partial charge in [-0.2, -0.15) is 0 Å². The highest BCUT2D eigenvalue weighted by atomic mass is 79.9. The van der Waals surface area contributed by atoms with Crippen LogP contribution in [0.2, 0.25) is 0 Å². The summed E-state index contributed by atoms with van der Waals surface area (Å²) in [6.45, 7) is 5.87. The number of hydrogen-bond acceptors (Lipinski definition) is 2. The second kappa shape index (κ2) is 5.93. The molecule has 1 saturated carbocycles. The summed E-state index contributed by atoms with van der Waals surface area (Å²) in [4.78, 5) is 0.